The summed E-state index contributed by atoms with van der Waals surface area (Å²) in [5.41, 5.74) is 6.41. The highest BCUT2D eigenvalue weighted by Crippen LogP contribution is 2.26. The summed E-state index contributed by atoms with van der Waals surface area (Å²) in [4.78, 5) is 4.02. The average molecular weight is 246 g/mol. The van der Waals surface area contributed by atoms with Crippen molar-refractivity contribution >= 4 is 39.0 Å². The molecule has 62 valence electrons. The second-order valence-corrected chi connectivity index (χ2v) is 3.49. The molecule has 2 rings (SSSR count). The number of nitrogens with zero attached hydrogens (tertiary/aromatic N) is 2. The molecule has 2 aromatic rings. The fraction of sp³-hybridized carbons (Fsp3) is 0. The van der Waals surface area contributed by atoms with Crippen LogP contribution < -0.4 is 5.73 Å². The maximum absolute atomic E-state index is 5.93. The largest absolute Gasteiger partial charge is 0.369 e. The Hall–Kier alpha value is -0.740. The second-order valence-electron chi connectivity index (χ2n) is 2.34. The number of rotatable bonds is 0. The van der Waals surface area contributed by atoms with E-state index in [9.17, 15) is 0 Å². The van der Waals surface area contributed by atoms with Crippen LogP contribution in [0.4, 0.5) is 5.95 Å². The van der Waals surface area contributed by atoms with Crippen LogP contribution in [0.3, 0.4) is 0 Å². The maximum atomic E-state index is 5.93. The predicted octanol–water partition coefficient (Wildman–Crippen LogP) is 2.33. The number of anilines is 1. The zero-order chi connectivity index (χ0) is 8.72. The van der Waals surface area contributed by atoms with Crippen LogP contribution >= 0.6 is 27.5 Å². The molecule has 0 aliphatic rings. The van der Waals surface area contributed by atoms with Crippen molar-refractivity contribution in [3.63, 3.8) is 0 Å². The highest BCUT2D eigenvalue weighted by molar-refractivity contribution is 9.10. The summed E-state index contributed by atoms with van der Waals surface area (Å²) in [7, 11) is 0. The lowest BCUT2D eigenvalue weighted by Gasteiger charge is -1.96. The third-order valence-electron chi connectivity index (χ3n) is 1.60. The smallest absolute Gasteiger partial charge is 0.206 e. The molecule has 0 fully saturated rings. The number of nitrogens with two attached hydrogens (primary N) is 1. The fourth-order valence-corrected chi connectivity index (χ4v) is 2.03. The molecule has 0 radical (unpaired) electrons. The van der Waals surface area contributed by atoms with Gasteiger partial charge in [0.05, 0.1) is 10.5 Å². The molecule has 0 amide bonds. The highest BCUT2D eigenvalue weighted by Gasteiger charge is 2.08. The van der Waals surface area contributed by atoms with Crippen LogP contribution in [0.1, 0.15) is 0 Å². The number of hydrogen-bond donors (Lipinski definition) is 1. The molecular formula is C7H5BrClN3. The summed E-state index contributed by atoms with van der Waals surface area (Å²) in [6.07, 6.45) is 1.81. The van der Waals surface area contributed by atoms with E-state index in [1.807, 2.05) is 12.3 Å². The number of halogens is 2. The molecule has 5 heteroatoms. The Morgan fingerprint density at radius 1 is 1.58 bits per heavy atom. The van der Waals surface area contributed by atoms with Gasteiger partial charge in [0.1, 0.15) is 4.60 Å². The van der Waals surface area contributed by atoms with Crippen LogP contribution in [0.2, 0.25) is 5.02 Å². The summed E-state index contributed by atoms with van der Waals surface area (Å²) in [6.45, 7) is 0. The lowest BCUT2D eigenvalue weighted by atomic mass is 10.4. The molecule has 0 spiro atoms. The Bertz CT molecular complexity index is 437. The molecule has 0 aliphatic heterocycles. The molecule has 0 aromatic carbocycles. The zero-order valence-corrected chi connectivity index (χ0v) is 8.30. The van der Waals surface area contributed by atoms with Crippen LogP contribution in [0.5, 0.6) is 0 Å². The Morgan fingerprint density at radius 2 is 2.33 bits per heavy atom. The van der Waals surface area contributed by atoms with Crippen molar-refractivity contribution in [1.82, 2.24) is 9.38 Å². The Labute approximate surface area is 82.3 Å². The first-order valence-corrected chi connectivity index (χ1v) is 4.45. The number of pyridine rings is 1. The van der Waals surface area contributed by atoms with Gasteiger partial charge in [0.25, 0.3) is 0 Å². The predicted molar refractivity (Wildman–Crippen MR) is 52.3 cm³/mol. The Kier molecular flexibility index (Phi) is 1.73. The summed E-state index contributed by atoms with van der Waals surface area (Å²) in [5.74, 6) is 0.430. The van der Waals surface area contributed by atoms with Gasteiger partial charge in [0.2, 0.25) is 5.95 Å². The van der Waals surface area contributed by atoms with Crippen LogP contribution in [-0.4, -0.2) is 9.38 Å². The van der Waals surface area contributed by atoms with Crippen LogP contribution in [0.25, 0.3) is 5.52 Å². The number of hydrogen-bond acceptors (Lipinski definition) is 2. The van der Waals surface area contributed by atoms with Crippen LogP contribution in [-0.2, 0) is 0 Å². The highest BCUT2D eigenvalue weighted by atomic mass is 79.9. The van der Waals surface area contributed by atoms with Crippen molar-refractivity contribution < 1.29 is 0 Å². The minimum atomic E-state index is 0.430. The normalized spacial score (nSPS) is 10.8. The molecule has 0 aliphatic carbocycles. The van der Waals surface area contributed by atoms with Gasteiger partial charge in [-0.25, -0.2) is 4.98 Å². The number of imidazole rings is 1. The minimum absolute atomic E-state index is 0.430. The molecule has 3 nitrogen and oxygen atoms in total. The molecule has 0 saturated carbocycles. The van der Waals surface area contributed by atoms with Gasteiger partial charge in [-0.15, -0.1) is 0 Å². The van der Waals surface area contributed by atoms with Crippen LogP contribution in [0.15, 0.2) is 22.9 Å². The summed E-state index contributed by atoms with van der Waals surface area (Å²) < 4.78 is 2.40. The fourth-order valence-electron chi connectivity index (χ4n) is 1.08. The molecule has 0 atom stereocenters. The minimum Gasteiger partial charge on any atom is -0.369 e. The van der Waals surface area contributed by atoms with E-state index in [0.29, 0.717) is 15.6 Å². The SMILES string of the molecule is Nc1nc(Br)c2c(Cl)cccn12. The maximum Gasteiger partial charge on any atom is 0.206 e. The van der Waals surface area contributed by atoms with Crippen molar-refractivity contribution in [1.29, 1.82) is 0 Å². The molecule has 2 heterocycles. The first kappa shape index (κ1) is 7.89. The van der Waals surface area contributed by atoms with E-state index in [1.165, 1.54) is 0 Å². The molecule has 2 N–H and O–H groups in total. The van der Waals surface area contributed by atoms with Crippen molar-refractivity contribution in [3.05, 3.63) is 28.0 Å². The average Bonchev–Trinajstić information content (AvgIpc) is 2.29. The van der Waals surface area contributed by atoms with E-state index in [-0.39, 0.29) is 0 Å². The van der Waals surface area contributed by atoms with Gasteiger partial charge in [-0.3, -0.25) is 4.40 Å². The van der Waals surface area contributed by atoms with E-state index in [0.717, 1.165) is 5.52 Å². The van der Waals surface area contributed by atoms with Crippen molar-refractivity contribution in [2.24, 2.45) is 0 Å². The van der Waals surface area contributed by atoms with Gasteiger partial charge < -0.3 is 5.73 Å². The van der Waals surface area contributed by atoms with Gasteiger partial charge in [0, 0.05) is 6.20 Å². The van der Waals surface area contributed by atoms with Gasteiger partial charge in [-0.1, -0.05) is 11.6 Å². The molecule has 0 unspecified atom stereocenters. The second kappa shape index (κ2) is 2.64. The standard InChI is InChI=1S/C7H5BrClN3/c8-6-5-4(9)2-1-3-12(5)7(10)11-6/h1-3H,(H2,10,11). The van der Waals surface area contributed by atoms with Crippen LogP contribution in [0, 0.1) is 0 Å². The third-order valence-corrected chi connectivity index (χ3v) is 2.46. The zero-order valence-electron chi connectivity index (χ0n) is 5.96. The molecule has 0 bridgehead atoms. The first-order chi connectivity index (χ1) is 5.70. The summed E-state index contributed by atoms with van der Waals surface area (Å²) in [6, 6.07) is 3.61. The van der Waals surface area contributed by atoms with Crippen molar-refractivity contribution in [3.8, 4) is 0 Å². The monoisotopic (exact) mass is 245 g/mol. The first-order valence-electron chi connectivity index (χ1n) is 3.27. The number of fused-ring (bicyclic) bond motifs is 1. The van der Waals surface area contributed by atoms with E-state index >= 15 is 0 Å². The Morgan fingerprint density at radius 3 is 3.00 bits per heavy atom. The van der Waals surface area contributed by atoms with Gasteiger partial charge in [0.15, 0.2) is 0 Å². The summed E-state index contributed by atoms with van der Waals surface area (Å²) >= 11 is 9.20. The van der Waals surface area contributed by atoms with Gasteiger partial charge in [-0.2, -0.15) is 0 Å². The molecule has 12 heavy (non-hydrogen) atoms. The topological polar surface area (TPSA) is 43.3 Å². The van der Waals surface area contributed by atoms with E-state index in [1.54, 1.807) is 10.5 Å². The van der Waals surface area contributed by atoms with Gasteiger partial charge in [-0.05, 0) is 28.1 Å². The van der Waals surface area contributed by atoms with Gasteiger partial charge >= 0.3 is 0 Å². The van der Waals surface area contributed by atoms with Crippen molar-refractivity contribution in [2.75, 3.05) is 5.73 Å². The van der Waals surface area contributed by atoms with E-state index in [2.05, 4.69) is 20.9 Å². The lowest BCUT2D eigenvalue weighted by molar-refractivity contribution is 1.17. The van der Waals surface area contributed by atoms with Crippen molar-refractivity contribution in [2.45, 2.75) is 0 Å². The Balaban J connectivity index is 2.99. The summed E-state index contributed by atoms with van der Waals surface area (Å²) in [5, 5.41) is 0.633. The number of aromatic nitrogens is 2. The molecule has 2 aromatic heterocycles. The van der Waals surface area contributed by atoms with E-state index in [4.69, 9.17) is 17.3 Å². The van der Waals surface area contributed by atoms with E-state index < -0.39 is 0 Å². The molecular weight excluding hydrogens is 241 g/mol. The quantitative estimate of drug-likeness (QED) is 0.775. The lowest BCUT2D eigenvalue weighted by Crippen LogP contribution is -1.92. The number of nitrogen functional groups attached to an aromatic ring is 1. The molecule has 0 saturated heterocycles. The third kappa shape index (κ3) is 0.990.